The highest BCUT2D eigenvalue weighted by Gasteiger charge is 2.22. The van der Waals surface area contributed by atoms with Crippen molar-refractivity contribution in [2.24, 2.45) is 5.92 Å². The normalized spacial score (nSPS) is 14.6. The van der Waals surface area contributed by atoms with Crippen LogP contribution in [0.25, 0.3) is 0 Å². The van der Waals surface area contributed by atoms with Crippen molar-refractivity contribution in [1.82, 2.24) is 5.32 Å². The lowest BCUT2D eigenvalue weighted by Gasteiger charge is -2.25. The third kappa shape index (κ3) is 4.51. The number of rotatable bonds is 7. The molecule has 3 rings (SSSR count). The second kappa shape index (κ2) is 8.71. The van der Waals surface area contributed by atoms with Crippen LogP contribution in [0.3, 0.4) is 0 Å². The van der Waals surface area contributed by atoms with Crippen molar-refractivity contribution >= 4 is 5.69 Å². The van der Waals surface area contributed by atoms with Gasteiger partial charge in [-0.25, -0.2) is 0 Å². The Kier molecular flexibility index (Phi) is 6.31. The zero-order valence-corrected chi connectivity index (χ0v) is 16.9. The molecule has 0 aromatic heterocycles. The van der Waals surface area contributed by atoms with Crippen LogP contribution in [-0.2, 0) is 17.9 Å². The first-order chi connectivity index (χ1) is 13.4. The molecule has 0 saturated heterocycles. The Labute approximate surface area is 166 Å². The van der Waals surface area contributed by atoms with Crippen LogP contribution in [0, 0.1) is 16.0 Å². The molecule has 1 heterocycles. The molecule has 0 aliphatic carbocycles. The molecular weight excluding hydrogens is 356 g/mol. The maximum atomic E-state index is 11.3. The lowest BCUT2D eigenvalue weighted by molar-refractivity contribution is -0.385. The SMILES string of the molecule is CC(C)c1ccc([C@H](NCc2cc([N+](=O)[O-])cc3c2OCOC3)C(C)C)cc1. The van der Waals surface area contributed by atoms with Crippen molar-refractivity contribution in [3.8, 4) is 5.75 Å². The summed E-state index contributed by atoms with van der Waals surface area (Å²) in [5.41, 5.74) is 4.10. The van der Waals surface area contributed by atoms with Crippen molar-refractivity contribution in [3.05, 3.63) is 68.8 Å². The number of nitrogens with one attached hydrogen (secondary N) is 1. The van der Waals surface area contributed by atoms with Crippen LogP contribution < -0.4 is 10.1 Å². The zero-order chi connectivity index (χ0) is 20.3. The van der Waals surface area contributed by atoms with Gasteiger partial charge in [-0.2, -0.15) is 0 Å². The third-order valence-corrected chi connectivity index (χ3v) is 5.12. The minimum atomic E-state index is -0.372. The Hall–Kier alpha value is -2.44. The van der Waals surface area contributed by atoms with E-state index in [0.717, 1.165) is 11.1 Å². The summed E-state index contributed by atoms with van der Waals surface area (Å²) in [6.45, 7) is 9.68. The number of hydrogen-bond acceptors (Lipinski definition) is 5. The van der Waals surface area contributed by atoms with Gasteiger partial charge < -0.3 is 14.8 Å². The maximum absolute atomic E-state index is 11.3. The number of benzene rings is 2. The Bertz CT molecular complexity index is 831. The molecule has 0 unspecified atom stereocenters. The van der Waals surface area contributed by atoms with E-state index < -0.39 is 0 Å². The van der Waals surface area contributed by atoms with E-state index in [1.165, 1.54) is 17.2 Å². The van der Waals surface area contributed by atoms with E-state index in [-0.39, 0.29) is 23.4 Å². The Morgan fingerprint density at radius 1 is 1.11 bits per heavy atom. The van der Waals surface area contributed by atoms with Crippen LogP contribution in [-0.4, -0.2) is 11.7 Å². The first-order valence-corrected chi connectivity index (χ1v) is 9.70. The Morgan fingerprint density at radius 3 is 2.39 bits per heavy atom. The molecule has 1 aliphatic rings. The van der Waals surface area contributed by atoms with Gasteiger partial charge in [0.1, 0.15) is 5.75 Å². The molecule has 0 bridgehead atoms. The molecule has 1 N–H and O–H groups in total. The molecule has 0 amide bonds. The molecule has 0 fully saturated rings. The molecular formula is C22H28N2O4. The summed E-state index contributed by atoms with van der Waals surface area (Å²) in [5, 5.41) is 14.9. The first kappa shape index (κ1) is 20.3. The predicted octanol–water partition coefficient (Wildman–Crippen LogP) is 5.07. The average molecular weight is 384 g/mol. The highest BCUT2D eigenvalue weighted by Crippen LogP contribution is 2.33. The quantitative estimate of drug-likeness (QED) is 0.533. The molecule has 6 nitrogen and oxygen atoms in total. The predicted molar refractivity (Wildman–Crippen MR) is 108 cm³/mol. The third-order valence-electron chi connectivity index (χ3n) is 5.12. The molecule has 6 heteroatoms. The van der Waals surface area contributed by atoms with Crippen LogP contribution >= 0.6 is 0 Å². The number of nitrogens with zero attached hydrogens (tertiary/aromatic N) is 1. The molecule has 1 aliphatic heterocycles. The van der Waals surface area contributed by atoms with E-state index in [0.29, 0.717) is 30.7 Å². The van der Waals surface area contributed by atoms with Crippen LogP contribution in [0.4, 0.5) is 5.69 Å². The standard InChI is InChI=1S/C22H28N2O4/c1-14(2)16-5-7-17(8-6-16)21(15(3)4)23-11-18-9-20(24(25)26)10-19-12-27-13-28-22(18)19/h5-10,14-15,21,23H,11-13H2,1-4H3/t21-/m1/s1. The van der Waals surface area contributed by atoms with E-state index in [9.17, 15) is 10.1 Å². The molecule has 0 radical (unpaired) electrons. The van der Waals surface area contributed by atoms with E-state index in [1.807, 2.05) is 0 Å². The fraction of sp³-hybridized carbons (Fsp3) is 0.455. The van der Waals surface area contributed by atoms with Gasteiger partial charge in [-0.3, -0.25) is 10.1 Å². The van der Waals surface area contributed by atoms with Gasteiger partial charge in [0.25, 0.3) is 5.69 Å². The summed E-state index contributed by atoms with van der Waals surface area (Å²) in [6, 6.07) is 11.9. The summed E-state index contributed by atoms with van der Waals surface area (Å²) in [4.78, 5) is 10.9. The molecule has 28 heavy (non-hydrogen) atoms. The van der Waals surface area contributed by atoms with E-state index in [4.69, 9.17) is 9.47 Å². The molecule has 0 spiro atoms. The fourth-order valence-corrected chi connectivity index (χ4v) is 3.56. The van der Waals surface area contributed by atoms with Crippen LogP contribution in [0.5, 0.6) is 5.75 Å². The summed E-state index contributed by atoms with van der Waals surface area (Å²) < 4.78 is 10.9. The largest absolute Gasteiger partial charge is 0.467 e. The van der Waals surface area contributed by atoms with Gasteiger partial charge in [0.15, 0.2) is 6.79 Å². The lowest BCUT2D eigenvalue weighted by atomic mass is 9.93. The van der Waals surface area contributed by atoms with Gasteiger partial charge in [0.2, 0.25) is 0 Å². The lowest BCUT2D eigenvalue weighted by Crippen LogP contribution is -2.26. The number of nitro benzene ring substituents is 1. The molecule has 150 valence electrons. The van der Waals surface area contributed by atoms with E-state index in [2.05, 4.69) is 57.3 Å². The van der Waals surface area contributed by atoms with Crippen molar-refractivity contribution < 1.29 is 14.4 Å². The minimum absolute atomic E-state index is 0.0621. The monoisotopic (exact) mass is 384 g/mol. The van der Waals surface area contributed by atoms with Crippen molar-refractivity contribution in [1.29, 1.82) is 0 Å². The highest BCUT2D eigenvalue weighted by molar-refractivity contribution is 5.50. The van der Waals surface area contributed by atoms with Gasteiger partial charge >= 0.3 is 0 Å². The number of fused-ring (bicyclic) bond motifs is 1. The van der Waals surface area contributed by atoms with Gasteiger partial charge in [-0.1, -0.05) is 52.0 Å². The zero-order valence-electron chi connectivity index (χ0n) is 16.9. The number of nitro groups is 1. The molecule has 2 aromatic rings. The Morgan fingerprint density at radius 2 is 1.79 bits per heavy atom. The van der Waals surface area contributed by atoms with Crippen LogP contribution in [0.2, 0.25) is 0 Å². The van der Waals surface area contributed by atoms with Gasteiger partial charge in [-0.15, -0.1) is 0 Å². The first-order valence-electron chi connectivity index (χ1n) is 9.70. The topological polar surface area (TPSA) is 73.6 Å². The summed E-state index contributed by atoms with van der Waals surface area (Å²) in [7, 11) is 0. The van der Waals surface area contributed by atoms with Crippen LogP contribution in [0.1, 0.15) is 61.9 Å². The smallest absolute Gasteiger partial charge is 0.270 e. The molecule has 2 aromatic carbocycles. The van der Waals surface area contributed by atoms with Gasteiger partial charge in [-0.05, 0) is 23.0 Å². The maximum Gasteiger partial charge on any atom is 0.270 e. The number of ether oxygens (including phenoxy) is 2. The van der Waals surface area contributed by atoms with Crippen molar-refractivity contribution in [2.45, 2.75) is 52.8 Å². The van der Waals surface area contributed by atoms with Gasteiger partial charge in [0.05, 0.1) is 11.5 Å². The number of hydrogen-bond donors (Lipinski definition) is 1. The van der Waals surface area contributed by atoms with Crippen molar-refractivity contribution in [2.75, 3.05) is 6.79 Å². The second-order valence-corrected chi connectivity index (χ2v) is 7.88. The Balaban J connectivity index is 1.84. The molecule has 0 saturated carbocycles. The van der Waals surface area contributed by atoms with E-state index in [1.54, 1.807) is 6.07 Å². The highest BCUT2D eigenvalue weighted by atomic mass is 16.7. The summed E-state index contributed by atoms with van der Waals surface area (Å²) in [5.74, 6) is 1.56. The summed E-state index contributed by atoms with van der Waals surface area (Å²) >= 11 is 0. The van der Waals surface area contributed by atoms with E-state index >= 15 is 0 Å². The second-order valence-electron chi connectivity index (χ2n) is 7.88. The minimum Gasteiger partial charge on any atom is -0.467 e. The fourth-order valence-electron chi connectivity index (χ4n) is 3.56. The van der Waals surface area contributed by atoms with Gasteiger partial charge in [0, 0.05) is 35.8 Å². The average Bonchev–Trinajstić information content (AvgIpc) is 2.67. The summed E-state index contributed by atoms with van der Waals surface area (Å²) in [6.07, 6.45) is 0. The van der Waals surface area contributed by atoms with Crippen molar-refractivity contribution in [3.63, 3.8) is 0 Å². The van der Waals surface area contributed by atoms with Crippen LogP contribution in [0.15, 0.2) is 36.4 Å². The molecule has 1 atom stereocenters. The number of non-ortho nitro benzene ring substituents is 1.